The summed E-state index contributed by atoms with van der Waals surface area (Å²) < 4.78 is 0. The van der Waals surface area contributed by atoms with Crippen LogP contribution in [-0.4, -0.2) is 11.1 Å². The first-order valence-corrected chi connectivity index (χ1v) is 6.05. The molecule has 2 nitrogen and oxygen atoms in total. The molecule has 1 heterocycles. The summed E-state index contributed by atoms with van der Waals surface area (Å²) in [4.78, 5) is 12.1. The molecular formula is C13H16O2S. The summed E-state index contributed by atoms with van der Waals surface area (Å²) in [7, 11) is 0. The first kappa shape index (κ1) is 12.9. The lowest BCUT2D eigenvalue weighted by molar-refractivity contribution is -0.131. The van der Waals surface area contributed by atoms with Gasteiger partial charge in [0, 0.05) is 5.41 Å². The summed E-state index contributed by atoms with van der Waals surface area (Å²) >= 11 is 1.25. The van der Waals surface area contributed by atoms with Crippen LogP contribution in [0.4, 0.5) is 0 Å². The maximum Gasteiger partial charge on any atom is 0.342 e. The minimum Gasteiger partial charge on any atom is -0.477 e. The minimum atomic E-state index is -0.865. The molecule has 3 heteroatoms. The van der Waals surface area contributed by atoms with Gasteiger partial charge in [-0.15, -0.1) is 0 Å². The molecular weight excluding hydrogens is 220 g/mol. The molecule has 1 N–H and O–H groups in total. The number of carboxylic acid groups (broad SMARTS) is 1. The molecule has 0 saturated heterocycles. The monoisotopic (exact) mass is 236 g/mol. The molecule has 0 fully saturated rings. The van der Waals surface area contributed by atoms with Gasteiger partial charge in [0.1, 0.15) is 0 Å². The quantitative estimate of drug-likeness (QED) is 0.709. The van der Waals surface area contributed by atoms with Crippen LogP contribution in [0.15, 0.2) is 22.0 Å². The number of hydrogen-bond donors (Lipinski definition) is 1. The lowest BCUT2D eigenvalue weighted by atomic mass is 9.98. The molecule has 0 bridgehead atoms. The number of rotatable bonds is 1. The van der Waals surface area contributed by atoms with Crippen LogP contribution in [0.2, 0.25) is 0 Å². The highest BCUT2D eigenvalue weighted by atomic mass is 32.2. The summed E-state index contributed by atoms with van der Waals surface area (Å²) in [5.74, 6) is 5.31. The highest BCUT2D eigenvalue weighted by molar-refractivity contribution is 8.07. The van der Waals surface area contributed by atoms with E-state index >= 15 is 0 Å². The Morgan fingerprint density at radius 1 is 1.38 bits per heavy atom. The molecule has 0 saturated carbocycles. The molecule has 1 aliphatic heterocycles. The van der Waals surface area contributed by atoms with E-state index in [2.05, 4.69) is 11.8 Å². The minimum absolute atomic E-state index is 0.0548. The van der Waals surface area contributed by atoms with Crippen molar-refractivity contribution in [3.63, 3.8) is 0 Å². The van der Waals surface area contributed by atoms with Gasteiger partial charge < -0.3 is 5.11 Å². The van der Waals surface area contributed by atoms with Crippen molar-refractivity contribution >= 4 is 17.7 Å². The number of thioether (sulfide) groups is 1. The van der Waals surface area contributed by atoms with E-state index in [1.165, 1.54) is 11.8 Å². The number of hydrogen-bond acceptors (Lipinski definition) is 2. The van der Waals surface area contributed by atoms with Crippen molar-refractivity contribution < 1.29 is 9.90 Å². The molecule has 16 heavy (non-hydrogen) atoms. The van der Waals surface area contributed by atoms with Crippen LogP contribution in [-0.2, 0) is 4.79 Å². The molecule has 0 aromatic rings. The van der Waals surface area contributed by atoms with Gasteiger partial charge in [-0.2, -0.15) is 0 Å². The summed E-state index contributed by atoms with van der Waals surface area (Å²) in [6.45, 7) is 6.11. The molecule has 0 spiro atoms. The molecule has 0 aromatic carbocycles. The molecule has 1 rings (SSSR count). The Morgan fingerprint density at radius 2 is 2.00 bits per heavy atom. The van der Waals surface area contributed by atoms with E-state index in [0.29, 0.717) is 4.91 Å². The molecule has 1 aliphatic rings. The summed E-state index contributed by atoms with van der Waals surface area (Å²) in [6, 6.07) is 0. The van der Waals surface area contributed by atoms with Crippen LogP contribution in [0.25, 0.3) is 0 Å². The SMILES string of the molecule is CC(C)(C)C#CC1=CCCC=C(C(=O)O)S1. The van der Waals surface area contributed by atoms with E-state index in [-0.39, 0.29) is 5.41 Å². The zero-order chi connectivity index (χ0) is 12.2. The second-order valence-corrected chi connectivity index (χ2v) is 5.71. The normalized spacial score (nSPS) is 16.4. The third-order valence-electron chi connectivity index (χ3n) is 1.82. The summed E-state index contributed by atoms with van der Waals surface area (Å²) in [5.41, 5.74) is -0.0548. The van der Waals surface area contributed by atoms with Crippen molar-refractivity contribution in [1.29, 1.82) is 0 Å². The standard InChI is InChI=1S/C13H16O2S/c1-13(2,3)9-8-10-6-4-5-7-11(16-10)12(14)15/h6-7H,4-5H2,1-3H3,(H,14,15). The second kappa shape index (κ2) is 5.27. The van der Waals surface area contributed by atoms with Crippen molar-refractivity contribution in [2.75, 3.05) is 0 Å². The highest BCUT2D eigenvalue weighted by Crippen LogP contribution is 2.29. The van der Waals surface area contributed by atoms with E-state index in [9.17, 15) is 4.79 Å². The van der Waals surface area contributed by atoms with Crippen LogP contribution in [0.1, 0.15) is 33.6 Å². The Labute approximate surface area is 101 Å². The van der Waals surface area contributed by atoms with Crippen LogP contribution in [0.5, 0.6) is 0 Å². The van der Waals surface area contributed by atoms with Crippen molar-refractivity contribution in [3.05, 3.63) is 22.0 Å². The van der Waals surface area contributed by atoms with E-state index in [0.717, 1.165) is 17.7 Å². The molecule has 0 unspecified atom stereocenters. The number of allylic oxidation sites excluding steroid dienone is 3. The lowest BCUT2D eigenvalue weighted by Gasteiger charge is -2.07. The van der Waals surface area contributed by atoms with Crippen LogP contribution >= 0.6 is 11.8 Å². The largest absolute Gasteiger partial charge is 0.477 e. The molecule has 86 valence electrons. The maximum absolute atomic E-state index is 10.9. The van der Waals surface area contributed by atoms with Crippen LogP contribution in [0.3, 0.4) is 0 Å². The molecule has 0 aliphatic carbocycles. The number of carbonyl (C=O) groups is 1. The van der Waals surface area contributed by atoms with Gasteiger partial charge in [0.2, 0.25) is 0 Å². The fourth-order valence-corrected chi connectivity index (χ4v) is 1.92. The van der Waals surface area contributed by atoms with Gasteiger partial charge in [-0.3, -0.25) is 0 Å². The Bertz CT molecular complexity index is 400. The van der Waals surface area contributed by atoms with E-state index in [1.807, 2.05) is 26.8 Å². The first-order valence-electron chi connectivity index (χ1n) is 5.23. The predicted molar refractivity (Wildman–Crippen MR) is 67.9 cm³/mol. The average Bonchev–Trinajstić information content (AvgIpc) is 2.38. The zero-order valence-corrected chi connectivity index (χ0v) is 10.6. The number of carboxylic acids is 1. The van der Waals surface area contributed by atoms with Gasteiger partial charge in [0.25, 0.3) is 0 Å². The maximum atomic E-state index is 10.9. The summed E-state index contributed by atoms with van der Waals surface area (Å²) in [6.07, 6.45) is 5.40. The zero-order valence-electron chi connectivity index (χ0n) is 9.83. The Hall–Kier alpha value is -1.14. The van der Waals surface area contributed by atoms with Gasteiger partial charge >= 0.3 is 5.97 Å². The third kappa shape index (κ3) is 4.59. The van der Waals surface area contributed by atoms with Crippen molar-refractivity contribution in [1.82, 2.24) is 0 Å². The van der Waals surface area contributed by atoms with Gasteiger partial charge in [0.05, 0.1) is 9.81 Å². The molecule has 0 aromatic heterocycles. The highest BCUT2D eigenvalue weighted by Gasteiger charge is 2.12. The summed E-state index contributed by atoms with van der Waals surface area (Å²) in [5, 5.41) is 8.94. The second-order valence-electron chi connectivity index (χ2n) is 4.62. The Kier molecular flexibility index (Phi) is 4.26. The predicted octanol–water partition coefficient (Wildman–Crippen LogP) is 3.42. The van der Waals surface area contributed by atoms with Gasteiger partial charge in [-0.25, -0.2) is 4.79 Å². The van der Waals surface area contributed by atoms with E-state index < -0.39 is 5.97 Å². The fraction of sp³-hybridized carbons (Fsp3) is 0.462. The first-order chi connectivity index (χ1) is 7.38. The van der Waals surface area contributed by atoms with Gasteiger partial charge in [0.15, 0.2) is 0 Å². The Morgan fingerprint density at radius 3 is 2.56 bits per heavy atom. The Balaban J connectivity index is 2.82. The topological polar surface area (TPSA) is 37.3 Å². The van der Waals surface area contributed by atoms with Crippen molar-refractivity contribution in [2.24, 2.45) is 5.41 Å². The van der Waals surface area contributed by atoms with E-state index in [4.69, 9.17) is 5.11 Å². The van der Waals surface area contributed by atoms with Crippen molar-refractivity contribution in [3.8, 4) is 11.8 Å². The smallest absolute Gasteiger partial charge is 0.342 e. The molecule has 0 atom stereocenters. The molecule has 0 radical (unpaired) electrons. The van der Waals surface area contributed by atoms with Gasteiger partial charge in [-0.05, 0) is 33.6 Å². The van der Waals surface area contributed by atoms with Crippen LogP contribution < -0.4 is 0 Å². The third-order valence-corrected chi connectivity index (χ3v) is 2.87. The average molecular weight is 236 g/mol. The lowest BCUT2D eigenvalue weighted by Crippen LogP contribution is -1.99. The van der Waals surface area contributed by atoms with E-state index in [1.54, 1.807) is 6.08 Å². The molecule has 0 amide bonds. The van der Waals surface area contributed by atoms with Gasteiger partial charge in [-0.1, -0.05) is 35.8 Å². The van der Waals surface area contributed by atoms with Crippen molar-refractivity contribution in [2.45, 2.75) is 33.6 Å². The fourth-order valence-electron chi connectivity index (χ4n) is 1.09. The van der Waals surface area contributed by atoms with Crippen LogP contribution in [0, 0.1) is 17.3 Å². The number of aliphatic carboxylic acids is 1.